The molecule has 5 nitrogen and oxygen atoms in total. The highest BCUT2D eigenvalue weighted by Gasteiger charge is 2.52. The highest BCUT2D eigenvalue weighted by molar-refractivity contribution is 6.65. The number of benzene rings is 1. The average Bonchev–Trinajstić information content (AvgIpc) is 3.01. The second-order valence-electron chi connectivity index (χ2n) is 7.67. The lowest BCUT2D eigenvalue weighted by Gasteiger charge is -2.32. The van der Waals surface area contributed by atoms with Crippen molar-refractivity contribution >= 4 is 29.6 Å². The van der Waals surface area contributed by atoms with Crippen molar-refractivity contribution in [2.75, 3.05) is 6.61 Å². The van der Waals surface area contributed by atoms with Crippen LogP contribution < -0.4 is 5.46 Å². The van der Waals surface area contributed by atoms with Gasteiger partial charge in [0.05, 0.1) is 23.3 Å². The van der Waals surface area contributed by atoms with Crippen LogP contribution in [-0.2, 0) is 14.0 Å². The third-order valence-electron chi connectivity index (χ3n) is 5.22. The summed E-state index contributed by atoms with van der Waals surface area (Å²) in [6.07, 6.45) is 2.87. The topological polar surface area (TPSA) is 49.7 Å². The third kappa shape index (κ3) is 3.26. The highest BCUT2D eigenvalue weighted by atomic mass is 19.1. The number of aromatic nitrogens is 1. The molecule has 140 valence electrons. The lowest BCUT2D eigenvalue weighted by Crippen LogP contribution is -2.41. The molecule has 0 saturated carbocycles. The molecule has 3 rings (SSSR count). The summed E-state index contributed by atoms with van der Waals surface area (Å²) in [7, 11) is -0.686. The number of halogens is 1. The number of ether oxygens (including phenoxy) is 1. The standard InChI is InChI=1S/C19H25BFNO4/c1-6-7-10-24-17(23)22-12-15(14-11-13(21)8-9-16(14)22)20-25-18(2,3)19(4,5)26-20/h8-9,11-12H,6-7,10H2,1-5H3. The summed E-state index contributed by atoms with van der Waals surface area (Å²) >= 11 is 0. The van der Waals surface area contributed by atoms with Gasteiger partial charge in [0.15, 0.2) is 0 Å². The summed E-state index contributed by atoms with van der Waals surface area (Å²) in [6.45, 7) is 10.2. The molecule has 0 unspecified atom stereocenters. The zero-order valence-corrected chi connectivity index (χ0v) is 16.0. The maximum atomic E-state index is 13.9. The van der Waals surface area contributed by atoms with E-state index >= 15 is 0 Å². The Labute approximate surface area is 153 Å². The van der Waals surface area contributed by atoms with Crippen LogP contribution >= 0.6 is 0 Å². The van der Waals surface area contributed by atoms with Gasteiger partial charge in [-0.3, -0.25) is 4.57 Å². The predicted octanol–water partition coefficient (Wildman–Crippen LogP) is 3.86. The Morgan fingerprint density at radius 1 is 1.23 bits per heavy atom. The van der Waals surface area contributed by atoms with Crippen molar-refractivity contribution in [3.05, 3.63) is 30.2 Å². The zero-order valence-electron chi connectivity index (χ0n) is 16.0. The number of rotatable bonds is 4. The van der Waals surface area contributed by atoms with E-state index in [-0.39, 0.29) is 5.82 Å². The molecule has 0 spiro atoms. The van der Waals surface area contributed by atoms with Crippen molar-refractivity contribution in [2.24, 2.45) is 0 Å². The van der Waals surface area contributed by atoms with Crippen LogP contribution in [0.1, 0.15) is 47.5 Å². The Balaban J connectivity index is 2.01. The second kappa shape index (κ2) is 6.70. The van der Waals surface area contributed by atoms with Gasteiger partial charge in [0, 0.05) is 17.0 Å². The van der Waals surface area contributed by atoms with Gasteiger partial charge in [-0.05, 0) is 52.3 Å². The zero-order chi connectivity index (χ0) is 19.1. The fourth-order valence-electron chi connectivity index (χ4n) is 2.91. The van der Waals surface area contributed by atoms with Gasteiger partial charge in [-0.2, -0.15) is 0 Å². The van der Waals surface area contributed by atoms with Gasteiger partial charge in [0.2, 0.25) is 0 Å². The van der Waals surface area contributed by atoms with Gasteiger partial charge in [0.25, 0.3) is 0 Å². The van der Waals surface area contributed by atoms with Crippen molar-refractivity contribution in [1.29, 1.82) is 0 Å². The van der Waals surface area contributed by atoms with E-state index in [1.54, 1.807) is 12.3 Å². The summed E-state index contributed by atoms with van der Waals surface area (Å²) in [5.74, 6) is -0.382. The van der Waals surface area contributed by atoms with Gasteiger partial charge < -0.3 is 14.0 Å². The molecule has 7 heteroatoms. The van der Waals surface area contributed by atoms with Crippen LogP contribution in [0.3, 0.4) is 0 Å². The summed E-state index contributed by atoms with van der Waals surface area (Å²) in [5, 5.41) is 0.580. The molecule has 2 heterocycles. The van der Waals surface area contributed by atoms with Crippen molar-refractivity contribution in [3.8, 4) is 0 Å². The van der Waals surface area contributed by atoms with Crippen LogP contribution in [0.25, 0.3) is 10.9 Å². The molecular weight excluding hydrogens is 336 g/mol. The quantitative estimate of drug-likeness (QED) is 0.613. The molecule has 1 aliphatic heterocycles. The number of hydrogen-bond acceptors (Lipinski definition) is 4. The average molecular weight is 361 g/mol. The Hall–Kier alpha value is -1.86. The van der Waals surface area contributed by atoms with E-state index in [2.05, 4.69) is 0 Å². The van der Waals surface area contributed by atoms with E-state index in [0.29, 0.717) is 23.0 Å². The normalized spacial score (nSPS) is 18.5. The SMILES string of the molecule is CCCCOC(=O)n1cc(B2OC(C)(C)C(C)(C)O2)c2cc(F)ccc21. The number of fused-ring (bicyclic) bond motifs is 1. The van der Waals surface area contributed by atoms with Crippen molar-refractivity contribution in [1.82, 2.24) is 4.57 Å². The molecule has 1 aromatic heterocycles. The molecule has 0 N–H and O–H groups in total. The van der Waals surface area contributed by atoms with Crippen LogP contribution in [0.4, 0.5) is 9.18 Å². The first-order valence-electron chi connectivity index (χ1n) is 8.99. The van der Waals surface area contributed by atoms with Crippen molar-refractivity contribution < 1.29 is 23.2 Å². The summed E-state index contributed by atoms with van der Waals surface area (Å²) in [6, 6.07) is 4.29. The van der Waals surface area contributed by atoms with E-state index < -0.39 is 24.4 Å². The number of carbonyl (C=O) groups is 1. The molecule has 1 aromatic carbocycles. The minimum atomic E-state index is -0.686. The van der Waals surface area contributed by atoms with E-state index in [1.165, 1.54) is 16.7 Å². The number of unbranched alkanes of at least 4 members (excludes halogenated alkanes) is 1. The maximum absolute atomic E-state index is 13.9. The maximum Gasteiger partial charge on any atom is 0.497 e. The van der Waals surface area contributed by atoms with Gasteiger partial charge in [0.1, 0.15) is 5.82 Å². The van der Waals surface area contributed by atoms with Gasteiger partial charge in [-0.15, -0.1) is 0 Å². The minimum Gasteiger partial charge on any atom is -0.449 e. The molecule has 0 amide bonds. The summed E-state index contributed by atoms with van der Waals surface area (Å²) < 4.78 is 32.7. The number of hydrogen-bond donors (Lipinski definition) is 0. The number of carbonyl (C=O) groups excluding carboxylic acids is 1. The molecule has 0 radical (unpaired) electrons. The van der Waals surface area contributed by atoms with Gasteiger partial charge >= 0.3 is 13.2 Å². The van der Waals surface area contributed by atoms with Crippen LogP contribution in [0.15, 0.2) is 24.4 Å². The Bertz CT molecular complexity index is 814. The molecule has 1 saturated heterocycles. The molecule has 2 aromatic rings. The predicted molar refractivity (Wildman–Crippen MR) is 99.3 cm³/mol. The molecule has 1 aliphatic rings. The van der Waals surface area contributed by atoms with Crippen LogP contribution in [0, 0.1) is 5.82 Å². The first-order valence-corrected chi connectivity index (χ1v) is 8.99. The van der Waals surface area contributed by atoms with E-state index in [0.717, 1.165) is 12.8 Å². The van der Waals surface area contributed by atoms with Crippen LogP contribution in [0.2, 0.25) is 0 Å². The smallest absolute Gasteiger partial charge is 0.449 e. The van der Waals surface area contributed by atoms with E-state index in [1.807, 2.05) is 34.6 Å². The molecular formula is C19H25BFNO4. The largest absolute Gasteiger partial charge is 0.497 e. The van der Waals surface area contributed by atoms with Crippen molar-refractivity contribution in [3.63, 3.8) is 0 Å². The molecule has 26 heavy (non-hydrogen) atoms. The lowest BCUT2D eigenvalue weighted by atomic mass is 9.79. The van der Waals surface area contributed by atoms with Gasteiger partial charge in [-0.25, -0.2) is 9.18 Å². The monoisotopic (exact) mass is 361 g/mol. The van der Waals surface area contributed by atoms with E-state index in [4.69, 9.17) is 14.0 Å². The van der Waals surface area contributed by atoms with Gasteiger partial charge in [-0.1, -0.05) is 13.3 Å². The summed E-state index contributed by atoms with van der Waals surface area (Å²) in [4.78, 5) is 12.5. The van der Waals surface area contributed by atoms with Crippen LogP contribution in [-0.4, -0.2) is 35.6 Å². The molecule has 0 bridgehead atoms. The first-order chi connectivity index (χ1) is 12.2. The molecule has 1 fully saturated rings. The minimum absolute atomic E-state index is 0.349. The first kappa shape index (κ1) is 18.9. The van der Waals surface area contributed by atoms with Crippen LogP contribution in [0.5, 0.6) is 0 Å². The van der Waals surface area contributed by atoms with E-state index in [9.17, 15) is 9.18 Å². The fourth-order valence-corrected chi connectivity index (χ4v) is 2.91. The summed E-state index contributed by atoms with van der Waals surface area (Å²) in [5.41, 5.74) is 0.130. The second-order valence-corrected chi connectivity index (χ2v) is 7.67. The molecule has 0 aliphatic carbocycles. The Morgan fingerprint density at radius 3 is 2.50 bits per heavy atom. The lowest BCUT2D eigenvalue weighted by molar-refractivity contribution is 0.00578. The third-order valence-corrected chi connectivity index (χ3v) is 5.22. The Kier molecular flexibility index (Phi) is 4.88. The number of nitrogens with zero attached hydrogens (tertiary/aromatic N) is 1. The fraction of sp³-hybridized carbons (Fsp3) is 0.526. The Morgan fingerprint density at radius 2 is 1.88 bits per heavy atom. The molecule has 0 atom stereocenters. The highest BCUT2D eigenvalue weighted by Crippen LogP contribution is 2.37. The van der Waals surface area contributed by atoms with Crippen molar-refractivity contribution in [2.45, 2.75) is 58.7 Å².